The number of carbonyl (C=O) groups excluding carboxylic acids is 1. The summed E-state index contributed by atoms with van der Waals surface area (Å²) >= 11 is 0. The molecule has 0 aromatic heterocycles. The molecule has 0 aromatic rings. The second-order valence-electron chi connectivity index (χ2n) is 4.81. The van der Waals surface area contributed by atoms with Gasteiger partial charge in [0.1, 0.15) is 6.04 Å². The number of hydrogen-bond donors (Lipinski definition) is 2. The van der Waals surface area contributed by atoms with E-state index in [-0.39, 0.29) is 11.8 Å². The van der Waals surface area contributed by atoms with Gasteiger partial charge in [-0.3, -0.25) is 4.79 Å². The van der Waals surface area contributed by atoms with Gasteiger partial charge in [-0.25, -0.2) is 4.79 Å². The van der Waals surface area contributed by atoms with Gasteiger partial charge in [0, 0.05) is 6.61 Å². The van der Waals surface area contributed by atoms with Gasteiger partial charge in [0.2, 0.25) is 5.91 Å². The van der Waals surface area contributed by atoms with E-state index in [1.54, 1.807) is 0 Å². The SMILES string of the molecule is CCCCCC[C@@H](NC(=O)[C@H]1CCOC1)C(=O)O. The number of carbonyl (C=O) groups is 2. The van der Waals surface area contributed by atoms with Gasteiger partial charge in [0.05, 0.1) is 12.5 Å². The van der Waals surface area contributed by atoms with Gasteiger partial charge in [0.15, 0.2) is 0 Å². The Kier molecular flexibility index (Phi) is 6.72. The summed E-state index contributed by atoms with van der Waals surface area (Å²) in [4.78, 5) is 22.9. The Labute approximate surface area is 108 Å². The van der Waals surface area contributed by atoms with E-state index >= 15 is 0 Å². The summed E-state index contributed by atoms with van der Waals surface area (Å²) in [6.07, 6.45) is 5.28. The lowest BCUT2D eigenvalue weighted by molar-refractivity contribution is -0.142. The highest BCUT2D eigenvalue weighted by molar-refractivity contribution is 5.85. The van der Waals surface area contributed by atoms with Gasteiger partial charge in [-0.15, -0.1) is 0 Å². The van der Waals surface area contributed by atoms with Gasteiger partial charge >= 0.3 is 5.97 Å². The van der Waals surface area contributed by atoms with Crippen LogP contribution in [0.1, 0.15) is 45.4 Å². The molecule has 1 saturated heterocycles. The number of unbranched alkanes of at least 4 members (excludes halogenated alkanes) is 3. The van der Waals surface area contributed by atoms with E-state index in [2.05, 4.69) is 12.2 Å². The molecule has 0 bridgehead atoms. The molecule has 0 spiro atoms. The average molecular weight is 257 g/mol. The minimum absolute atomic E-state index is 0.178. The molecule has 1 aliphatic rings. The number of nitrogens with one attached hydrogen (secondary N) is 1. The highest BCUT2D eigenvalue weighted by Gasteiger charge is 2.27. The quantitative estimate of drug-likeness (QED) is 0.647. The Morgan fingerprint density at radius 2 is 2.17 bits per heavy atom. The lowest BCUT2D eigenvalue weighted by Gasteiger charge is -2.16. The zero-order chi connectivity index (χ0) is 13.4. The first-order valence-electron chi connectivity index (χ1n) is 6.76. The monoisotopic (exact) mass is 257 g/mol. The number of aliphatic carboxylic acids is 1. The van der Waals surface area contributed by atoms with Crippen molar-refractivity contribution in [1.82, 2.24) is 5.32 Å². The maximum absolute atomic E-state index is 11.8. The molecule has 5 heteroatoms. The first-order chi connectivity index (χ1) is 8.65. The summed E-state index contributed by atoms with van der Waals surface area (Å²) in [5.41, 5.74) is 0. The minimum Gasteiger partial charge on any atom is -0.480 e. The molecule has 1 rings (SSSR count). The summed E-state index contributed by atoms with van der Waals surface area (Å²) in [7, 11) is 0. The van der Waals surface area contributed by atoms with Crippen molar-refractivity contribution in [2.45, 2.75) is 51.5 Å². The summed E-state index contributed by atoms with van der Waals surface area (Å²) in [5.74, 6) is -1.31. The van der Waals surface area contributed by atoms with Crippen LogP contribution in [0, 0.1) is 5.92 Å². The third-order valence-corrected chi connectivity index (χ3v) is 3.26. The van der Waals surface area contributed by atoms with E-state index in [1.165, 1.54) is 0 Å². The van der Waals surface area contributed by atoms with Crippen LogP contribution in [-0.2, 0) is 14.3 Å². The smallest absolute Gasteiger partial charge is 0.326 e. The second kappa shape index (κ2) is 8.08. The topological polar surface area (TPSA) is 75.6 Å². The number of rotatable bonds is 8. The van der Waals surface area contributed by atoms with Crippen LogP contribution in [-0.4, -0.2) is 36.2 Å². The maximum Gasteiger partial charge on any atom is 0.326 e. The van der Waals surface area contributed by atoms with Crippen LogP contribution in [0.2, 0.25) is 0 Å². The minimum atomic E-state index is -0.946. The van der Waals surface area contributed by atoms with E-state index in [0.717, 1.165) is 25.7 Å². The lowest BCUT2D eigenvalue weighted by atomic mass is 10.0. The molecule has 1 heterocycles. The highest BCUT2D eigenvalue weighted by Crippen LogP contribution is 2.13. The molecular weight excluding hydrogens is 234 g/mol. The molecule has 5 nitrogen and oxygen atoms in total. The number of amides is 1. The normalized spacial score (nSPS) is 20.6. The second-order valence-corrected chi connectivity index (χ2v) is 4.81. The third-order valence-electron chi connectivity index (χ3n) is 3.26. The largest absolute Gasteiger partial charge is 0.480 e. The molecule has 1 amide bonds. The van der Waals surface area contributed by atoms with E-state index in [9.17, 15) is 9.59 Å². The van der Waals surface area contributed by atoms with Crippen LogP contribution in [0.5, 0.6) is 0 Å². The maximum atomic E-state index is 11.8. The van der Waals surface area contributed by atoms with Crippen molar-refractivity contribution in [3.8, 4) is 0 Å². The van der Waals surface area contributed by atoms with Crippen LogP contribution in [0.3, 0.4) is 0 Å². The molecule has 104 valence electrons. The summed E-state index contributed by atoms with van der Waals surface area (Å²) in [5, 5.41) is 11.7. The predicted octanol–water partition coefficient (Wildman–Crippen LogP) is 1.56. The Morgan fingerprint density at radius 1 is 1.39 bits per heavy atom. The van der Waals surface area contributed by atoms with Crippen LogP contribution in [0.15, 0.2) is 0 Å². The van der Waals surface area contributed by atoms with Crippen LogP contribution >= 0.6 is 0 Å². The van der Waals surface area contributed by atoms with Crippen LogP contribution < -0.4 is 5.32 Å². The summed E-state index contributed by atoms with van der Waals surface area (Å²) in [6, 6.07) is -0.755. The Hall–Kier alpha value is -1.10. The van der Waals surface area contributed by atoms with Crippen molar-refractivity contribution in [3.63, 3.8) is 0 Å². The van der Waals surface area contributed by atoms with Gasteiger partial charge in [0.25, 0.3) is 0 Å². The summed E-state index contributed by atoms with van der Waals surface area (Å²) < 4.78 is 5.13. The fourth-order valence-corrected chi connectivity index (χ4v) is 2.06. The highest BCUT2D eigenvalue weighted by atomic mass is 16.5. The number of ether oxygens (including phenoxy) is 1. The van der Waals surface area contributed by atoms with E-state index in [1.807, 2.05) is 0 Å². The van der Waals surface area contributed by atoms with Crippen molar-refractivity contribution >= 4 is 11.9 Å². The molecule has 0 unspecified atom stereocenters. The summed E-state index contributed by atoms with van der Waals surface area (Å²) in [6.45, 7) is 3.11. The molecule has 0 aromatic carbocycles. The van der Waals surface area contributed by atoms with Crippen molar-refractivity contribution in [3.05, 3.63) is 0 Å². The fourth-order valence-electron chi connectivity index (χ4n) is 2.06. The van der Waals surface area contributed by atoms with E-state index in [4.69, 9.17) is 9.84 Å². The average Bonchev–Trinajstić information content (AvgIpc) is 2.86. The molecule has 18 heavy (non-hydrogen) atoms. The predicted molar refractivity (Wildman–Crippen MR) is 67.3 cm³/mol. The molecule has 0 radical (unpaired) electrons. The molecule has 1 aliphatic heterocycles. The lowest BCUT2D eigenvalue weighted by Crippen LogP contribution is -2.43. The van der Waals surface area contributed by atoms with E-state index < -0.39 is 12.0 Å². The standard InChI is InChI=1S/C13H23NO4/c1-2-3-4-5-6-11(13(16)17)14-12(15)10-7-8-18-9-10/h10-11H,2-9H2,1H3,(H,14,15)(H,16,17)/t10-,11+/m0/s1. The van der Waals surface area contributed by atoms with Crippen LogP contribution in [0.4, 0.5) is 0 Å². The number of carboxylic acid groups (broad SMARTS) is 1. The van der Waals surface area contributed by atoms with Gasteiger partial charge in [-0.1, -0.05) is 32.6 Å². The Morgan fingerprint density at radius 3 is 2.72 bits per heavy atom. The van der Waals surface area contributed by atoms with Crippen molar-refractivity contribution in [2.24, 2.45) is 5.92 Å². The van der Waals surface area contributed by atoms with Crippen molar-refractivity contribution in [1.29, 1.82) is 0 Å². The zero-order valence-corrected chi connectivity index (χ0v) is 11.0. The van der Waals surface area contributed by atoms with E-state index in [0.29, 0.717) is 26.1 Å². The first kappa shape index (κ1) is 15.0. The number of carboxylic acids is 1. The molecule has 0 saturated carbocycles. The molecule has 2 atom stereocenters. The van der Waals surface area contributed by atoms with Crippen LogP contribution in [0.25, 0.3) is 0 Å². The number of hydrogen-bond acceptors (Lipinski definition) is 3. The molecule has 0 aliphatic carbocycles. The Balaban J connectivity index is 2.32. The third kappa shape index (κ3) is 5.04. The molecule has 1 fully saturated rings. The van der Waals surface area contributed by atoms with Gasteiger partial charge in [-0.05, 0) is 12.8 Å². The van der Waals surface area contributed by atoms with Crippen molar-refractivity contribution in [2.75, 3.05) is 13.2 Å². The molecular formula is C13H23NO4. The Bertz CT molecular complexity index is 274. The molecule has 2 N–H and O–H groups in total. The zero-order valence-electron chi connectivity index (χ0n) is 11.0. The first-order valence-corrected chi connectivity index (χ1v) is 6.76. The van der Waals surface area contributed by atoms with Gasteiger partial charge < -0.3 is 15.2 Å². The fraction of sp³-hybridized carbons (Fsp3) is 0.846. The van der Waals surface area contributed by atoms with Crippen molar-refractivity contribution < 1.29 is 19.4 Å². The van der Waals surface area contributed by atoms with Gasteiger partial charge in [-0.2, -0.15) is 0 Å².